The van der Waals surface area contributed by atoms with Crippen LogP contribution in [0.25, 0.3) is 21.8 Å². The fourth-order valence-electron chi connectivity index (χ4n) is 7.59. The van der Waals surface area contributed by atoms with Crippen molar-refractivity contribution < 1.29 is 68.5 Å². The van der Waals surface area contributed by atoms with Crippen molar-refractivity contribution in [2.24, 2.45) is 10.8 Å². The molecule has 0 unspecified atom stereocenters. The van der Waals surface area contributed by atoms with E-state index < -0.39 is 10.8 Å². The normalized spacial score (nSPS) is 11.8. The van der Waals surface area contributed by atoms with Crippen LogP contribution in [0.3, 0.4) is 0 Å². The number of fused-ring (bicyclic) bond motifs is 3. The Labute approximate surface area is 435 Å². The van der Waals surface area contributed by atoms with Crippen LogP contribution in [0.15, 0.2) is 85.2 Å². The molecule has 0 radical (unpaired) electrons. The fraction of sp³-hybridized carbons (Fsp3) is 0.517. The lowest BCUT2D eigenvalue weighted by Crippen LogP contribution is -2.42. The zero-order valence-electron chi connectivity index (χ0n) is 42.7. The predicted molar refractivity (Wildman–Crippen MR) is 281 cm³/mol. The van der Waals surface area contributed by atoms with Gasteiger partial charge in [0.25, 0.3) is 0 Å². The molecule has 0 bridgehead atoms. The quantitative estimate of drug-likeness (QED) is 0.0174. The molecule has 16 heteroatoms. The zero-order chi connectivity index (χ0) is 52.4. The molecule has 3 aromatic carbocycles. The van der Waals surface area contributed by atoms with Gasteiger partial charge in [0.1, 0.15) is 0 Å². The van der Waals surface area contributed by atoms with Gasteiger partial charge < -0.3 is 68.5 Å². The largest absolute Gasteiger partial charge is 0.396 e. The standard InChI is InChI=1S/C58H76N2O14/c61-21-1-27-67-39-57(40-68-28-2-22-62,41-69-29-3-23-63)45-73-37-49-13-7-47(8-14-49)11-17-51-33-53-19-20-54-34-52(36-60-56(54)55(53)59-35-51)18-12-48-9-15-50(16-10-48)38-74-46-58(42-70-30-4-24-64,43-71-31-5-25-65)44-72-32-6-26-66/h7-10,13-16,19-20,33-36,61-66H,1-6,21-32,37-46H2. The molecule has 0 aliphatic carbocycles. The number of benzene rings is 3. The third kappa shape index (κ3) is 21.7. The maximum absolute atomic E-state index is 9.23. The molecule has 402 valence electrons. The van der Waals surface area contributed by atoms with Crippen LogP contribution in [0, 0.1) is 34.5 Å². The molecule has 0 amide bonds. The number of hydrogen-bond donors (Lipinski definition) is 6. The molecule has 6 N–H and O–H groups in total. The number of aliphatic hydroxyl groups excluding tert-OH is 6. The second-order valence-corrected chi connectivity index (χ2v) is 18.3. The third-order valence-electron chi connectivity index (χ3n) is 11.6. The molecule has 74 heavy (non-hydrogen) atoms. The van der Waals surface area contributed by atoms with E-state index in [2.05, 4.69) is 23.7 Å². The highest BCUT2D eigenvalue weighted by Gasteiger charge is 2.34. The van der Waals surface area contributed by atoms with Crippen LogP contribution in [-0.4, -0.2) is 173 Å². The highest BCUT2D eigenvalue weighted by molar-refractivity contribution is 6.03. The van der Waals surface area contributed by atoms with Crippen molar-refractivity contribution in [1.82, 2.24) is 9.97 Å². The Balaban J connectivity index is 1.17. The SMILES string of the molecule is OCCCOCC(COCCCO)(COCCCO)COCc1ccc(C#Cc2cnc3c(ccc4cc(C#Cc5ccc(COCC(COCCCO)(COCCCO)COCCCO)cc5)cnc43)c2)cc1. The summed E-state index contributed by atoms with van der Waals surface area (Å²) in [5.41, 5.74) is 5.48. The van der Waals surface area contributed by atoms with E-state index in [0.717, 1.165) is 55.2 Å². The van der Waals surface area contributed by atoms with Gasteiger partial charge in [-0.15, -0.1) is 0 Å². The summed E-state index contributed by atoms with van der Waals surface area (Å²) in [6.45, 7) is 5.62. The Kier molecular flexibility index (Phi) is 28.6. The van der Waals surface area contributed by atoms with Gasteiger partial charge in [-0.2, -0.15) is 0 Å². The van der Waals surface area contributed by atoms with E-state index in [1.807, 2.05) is 72.8 Å². The van der Waals surface area contributed by atoms with Gasteiger partial charge >= 0.3 is 0 Å². The molecule has 0 aliphatic heterocycles. The van der Waals surface area contributed by atoms with Crippen molar-refractivity contribution in [2.75, 3.05) is 132 Å². The Hall–Kier alpha value is -4.96. The summed E-state index contributed by atoms with van der Waals surface area (Å²) in [7, 11) is 0. The van der Waals surface area contributed by atoms with Gasteiger partial charge in [-0.1, -0.05) is 60.1 Å². The van der Waals surface area contributed by atoms with Crippen molar-refractivity contribution >= 4 is 21.8 Å². The van der Waals surface area contributed by atoms with Gasteiger partial charge in [-0.05, 0) is 86.1 Å². The molecule has 0 atom stereocenters. The van der Waals surface area contributed by atoms with Crippen LogP contribution in [0.4, 0.5) is 0 Å². The van der Waals surface area contributed by atoms with Crippen LogP contribution in [-0.2, 0) is 51.1 Å². The number of aliphatic hydroxyl groups is 6. The minimum atomic E-state index is -0.621. The highest BCUT2D eigenvalue weighted by atomic mass is 16.5. The van der Waals surface area contributed by atoms with Gasteiger partial charge in [-0.25, -0.2) is 0 Å². The number of hydrogen-bond acceptors (Lipinski definition) is 16. The molecular formula is C58H76N2O14. The summed E-state index contributed by atoms with van der Waals surface area (Å²) < 4.78 is 47.9. The van der Waals surface area contributed by atoms with Gasteiger partial charge in [0, 0.05) is 125 Å². The molecule has 0 aliphatic rings. The van der Waals surface area contributed by atoms with Crippen molar-refractivity contribution in [3.63, 3.8) is 0 Å². The van der Waals surface area contributed by atoms with Crippen LogP contribution in [0.5, 0.6) is 0 Å². The van der Waals surface area contributed by atoms with E-state index >= 15 is 0 Å². The number of aromatic nitrogens is 2. The van der Waals surface area contributed by atoms with Crippen molar-refractivity contribution in [3.05, 3.63) is 119 Å². The summed E-state index contributed by atoms with van der Waals surface area (Å²) in [5.74, 6) is 13.0. The lowest BCUT2D eigenvalue weighted by Gasteiger charge is -2.33. The van der Waals surface area contributed by atoms with Gasteiger partial charge in [-0.3, -0.25) is 9.97 Å². The second kappa shape index (κ2) is 35.3. The number of rotatable bonds is 38. The van der Waals surface area contributed by atoms with Gasteiger partial charge in [0.05, 0.1) is 87.9 Å². The molecule has 0 spiro atoms. The molecule has 2 heterocycles. The van der Waals surface area contributed by atoms with Crippen LogP contribution in [0.2, 0.25) is 0 Å². The Bertz CT molecular complexity index is 2220. The first-order chi connectivity index (χ1) is 36.4. The lowest BCUT2D eigenvalue weighted by molar-refractivity contribution is -0.111. The Morgan fingerprint density at radius 2 is 0.608 bits per heavy atom. The second-order valence-electron chi connectivity index (χ2n) is 18.3. The maximum atomic E-state index is 9.23. The van der Waals surface area contributed by atoms with E-state index in [9.17, 15) is 30.6 Å². The summed E-state index contributed by atoms with van der Waals surface area (Å²) >= 11 is 0. The van der Waals surface area contributed by atoms with Gasteiger partial charge in [0.2, 0.25) is 0 Å². The highest BCUT2D eigenvalue weighted by Crippen LogP contribution is 2.26. The van der Waals surface area contributed by atoms with Crippen LogP contribution in [0.1, 0.15) is 71.9 Å². The Morgan fingerprint density at radius 1 is 0.338 bits per heavy atom. The minimum Gasteiger partial charge on any atom is -0.396 e. The van der Waals surface area contributed by atoms with E-state index in [4.69, 9.17) is 47.9 Å². The first-order valence-electron chi connectivity index (χ1n) is 25.6. The number of nitrogens with zero attached hydrogens (tertiary/aromatic N) is 2. The average molecular weight is 1030 g/mol. The predicted octanol–water partition coefficient (Wildman–Crippen LogP) is 4.98. The smallest absolute Gasteiger partial charge is 0.0965 e. The topological polar surface area (TPSA) is 221 Å². The van der Waals surface area contributed by atoms with Crippen LogP contribution >= 0.6 is 0 Å². The first-order valence-corrected chi connectivity index (χ1v) is 25.6. The van der Waals surface area contributed by atoms with Crippen molar-refractivity contribution in [1.29, 1.82) is 0 Å². The average Bonchev–Trinajstić information content (AvgIpc) is 3.43. The summed E-state index contributed by atoms with van der Waals surface area (Å²) in [6.07, 6.45) is 6.61. The van der Waals surface area contributed by atoms with E-state index in [1.165, 1.54) is 0 Å². The first kappa shape index (κ1) is 59.9. The number of pyridine rings is 2. The molecule has 5 aromatic rings. The monoisotopic (exact) mass is 1020 g/mol. The molecule has 5 rings (SSSR count). The summed E-state index contributed by atoms with van der Waals surface area (Å²) in [4.78, 5) is 9.53. The van der Waals surface area contributed by atoms with E-state index in [1.54, 1.807) is 12.4 Å². The fourth-order valence-corrected chi connectivity index (χ4v) is 7.59. The third-order valence-corrected chi connectivity index (χ3v) is 11.6. The summed E-state index contributed by atoms with van der Waals surface area (Å²) in [6, 6.07) is 23.8. The maximum Gasteiger partial charge on any atom is 0.0965 e. The number of ether oxygens (including phenoxy) is 8. The Morgan fingerprint density at radius 3 is 0.892 bits per heavy atom. The molecule has 2 aromatic heterocycles. The van der Waals surface area contributed by atoms with Crippen molar-refractivity contribution in [3.8, 4) is 23.7 Å². The minimum absolute atomic E-state index is 0.0323. The van der Waals surface area contributed by atoms with E-state index in [-0.39, 0.29) is 39.6 Å². The summed E-state index contributed by atoms with van der Waals surface area (Å²) in [5, 5.41) is 57.2. The lowest BCUT2D eigenvalue weighted by atomic mass is 9.92. The molecule has 0 saturated heterocycles. The zero-order valence-corrected chi connectivity index (χ0v) is 42.7. The van der Waals surface area contributed by atoms with Crippen molar-refractivity contribution in [2.45, 2.75) is 51.7 Å². The van der Waals surface area contributed by atoms with Gasteiger partial charge in [0.15, 0.2) is 0 Å². The molecule has 0 saturated carbocycles. The molecule has 16 nitrogen and oxygen atoms in total. The molecular weight excluding hydrogens is 949 g/mol. The van der Waals surface area contributed by atoms with Crippen LogP contribution < -0.4 is 0 Å². The van der Waals surface area contributed by atoms with E-state index in [0.29, 0.717) is 144 Å². The molecule has 0 fully saturated rings.